The Morgan fingerprint density at radius 2 is 2.11 bits per heavy atom. The normalized spacial score (nSPS) is 18.8. The highest BCUT2D eigenvalue weighted by Gasteiger charge is 2.36. The first-order valence-electron chi connectivity index (χ1n) is 7.89. The molecule has 150 valence electrons. The van der Waals surface area contributed by atoms with Crippen LogP contribution in [0.1, 0.15) is 11.4 Å². The fourth-order valence-corrected chi connectivity index (χ4v) is 3.46. The van der Waals surface area contributed by atoms with E-state index in [0.29, 0.717) is 6.54 Å². The maximum Gasteiger partial charge on any atom is 0.294 e. The first kappa shape index (κ1) is 20.7. The number of hydrogen-bond acceptors (Lipinski definition) is 9. The molecule has 13 heteroatoms. The molecule has 0 radical (unpaired) electrons. The molecule has 0 aliphatic carbocycles. The van der Waals surface area contributed by atoms with Crippen molar-refractivity contribution in [1.29, 1.82) is 0 Å². The summed E-state index contributed by atoms with van der Waals surface area (Å²) in [6.07, 6.45) is -1.06. The van der Waals surface area contributed by atoms with Crippen molar-refractivity contribution in [3.63, 3.8) is 0 Å². The maximum absolute atomic E-state index is 11.8. The molecule has 0 bridgehead atoms. The van der Waals surface area contributed by atoms with Gasteiger partial charge < -0.3 is 31.2 Å². The third-order valence-electron chi connectivity index (χ3n) is 3.53. The van der Waals surface area contributed by atoms with E-state index in [1.165, 1.54) is 0 Å². The van der Waals surface area contributed by atoms with E-state index in [9.17, 15) is 18.3 Å². The SMILES string of the molecule is Cc1[nH]c(OCC(O)CN=C2NS(=O)(=O)C(C(N)=O)=C2N)nc1CN(C)C. The predicted octanol–water partition coefficient (Wildman–Crippen LogP) is -2.49. The number of H-pyrrole nitrogens is 1. The highest BCUT2D eigenvalue weighted by atomic mass is 32.2. The molecular weight excluding hydrogens is 378 g/mol. The lowest BCUT2D eigenvalue weighted by Crippen LogP contribution is -2.29. The number of imidazole rings is 1. The number of sulfonamides is 1. The average molecular weight is 401 g/mol. The third-order valence-corrected chi connectivity index (χ3v) is 4.95. The van der Waals surface area contributed by atoms with E-state index in [0.717, 1.165) is 11.4 Å². The van der Waals surface area contributed by atoms with Crippen molar-refractivity contribution in [2.75, 3.05) is 27.2 Å². The van der Waals surface area contributed by atoms with Crippen molar-refractivity contribution in [3.05, 3.63) is 22.0 Å². The number of primary amides is 1. The molecule has 0 spiro atoms. The van der Waals surface area contributed by atoms with Crippen LogP contribution in [0, 0.1) is 6.92 Å². The molecular formula is C14H23N7O5S. The number of aliphatic hydroxyl groups excluding tert-OH is 1. The number of aliphatic hydroxyl groups is 1. The molecule has 1 atom stereocenters. The Hall–Kier alpha value is -2.64. The minimum absolute atomic E-state index is 0.135. The molecule has 2 heterocycles. The van der Waals surface area contributed by atoms with E-state index in [1.54, 1.807) is 0 Å². The first-order valence-corrected chi connectivity index (χ1v) is 9.37. The first-order chi connectivity index (χ1) is 12.5. The number of nitrogens with one attached hydrogen (secondary N) is 2. The molecule has 7 N–H and O–H groups in total. The molecule has 1 aliphatic rings. The van der Waals surface area contributed by atoms with Gasteiger partial charge in [0.15, 0.2) is 10.7 Å². The van der Waals surface area contributed by atoms with Gasteiger partial charge in [0.05, 0.1) is 12.2 Å². The zero-order valence-electron chi connectivity index (χ0n) is 15.2. The lowest BCUT2D eigenvalue weighted by molar-refractivity contribution is -0.113. The summed E-state index contributed by atoms with van der Waals surface area (Å²) in [6.45, 7) is 2.15. The molecule has 1 amide bonds. The summed E-state index contributed by atoms with van der Waals surface area (Å²) in [5.74, 6) is -1.43. The second kappa shape index (κ2) is 7.94. The second-order valence-corrected chi connectivity index (χ2v) is 7.84. The number of nitrogens with two attached hydrogens (primary N) is 2. The van der Waals surface area contributed by atoms with Crippen molar-refractivity contribution in [1.82, 2.24) is 19.6 Å². The van der Waals surface area contributed by atoms with E-state index < -0.39 is 26.9 Å². The van der Waals surface area contributed by atoms with Gasteiger partial charge in [0.2, 0.25) is 0 Å². The fraction of sp³-hybridized carbons (Fsp3) is 0.500. The summed E-state index contributed by atoms with van der Waals surface area (Å²) in [5, 5.41) is 9.98. The standard InChI is InChI=1S/C14H23N7O5S/c1-7-9(5-21(2)3)19-14(18-7)26-6-8(22)4-17-13-10(15)11(12(16)23)27(24,25)20-13/h8,22H,4-6,15H2,1-3H3,(H2,16,23)(H,17,20)(H,18,19). The predicted molar refractivity (Wildman–Crippen MR) is 97.0 cm³/mol. The van der Waals surface area contributed by atoms with Crippen molar-refractivity contribution in [2.45, 2.75) is 19.6 Å². The number of nitrogens with zero attached hydrogens (tertiary/aromatic N) is 3. The summed E-state index contributed by atoms with van der Waals surface area (Å²) in [6, 6.07) is 0.257. The number of aliphatic imine (C=N–C) groups is 1. The van der Waals surface area contributed by atoms with Crippen LogP contribution in [-0.2, 0) is 21.4 Å². The Bertz CT molecular complexity index is 888. The Balaban J connectivity index is 1.96. The van der Waals surface area contributed by atoms with Crippen LogP contribution in [-0.4, -0.2) is 73.5 Å². The van der Waals surface area contributed by atoms with Gasteiger partial charge in [0.25, 0.3) is 21.9 Å². The zero-order valence-corrected chi connectivity index (χ0v) is 16.0. The van der Waals surface area contributed by atoms with Gasteiger partial charge in [-0.1, -0.05) is 0 Å². The van der Waals surface area contributed by atoms with Gasteiger partial charge in [-0.25, -0.2) is 8.42 Å². The number of aromatic amines is 1. The Kier molecular flexibility index (Phi) is 6.08. The van der Waals surface area contributed by atoms with Gasteiger partial charge in [-0.15, -0.1) is 0 Å². The molecule has 1 aromatic rings. The van der Waals surface area contributed by atoms with Crippen LogP contribution >= 0.6 is 0 Å². The zero-order chi connectivity index (χ0) is 20.4. The molecule has 0 aromatic carbocycles. The smallest absolute Gasteiger partial charge is 0.294 e. The van der Waals surface area contributed by atoms with E-state index in [4.69, 9.17) is 16.2 Å². The summed E-state index contributed by atoms with van der Waals surface area (Å²) >= 11 is 0. The molecule has 0 saturated carbocycles. The van der Waals surface area contributed by atoms with Crippen LogP contribution in [0.15, 0.2) is 15.6 Å². The number of rotatable bonds is 8. The highest BCUT2D eigenvalue weighted by Crippen LogP contribution is 2.16. The number of aromatic nitrogens is 2. The molecule has 1 aliphatic heterocycles. The highest BCUT2D eigenvalue weighted by molar-refractivity contribution is 7.95. The number of hydrogen-bond donors (Lipinski definition) is 5. The van der Waals surface area contributed by atoms with E-state index in [2.05, 4.69) is 15.0 Å². The quantitative estimate of drug-likeness (QED) is 0.316. The van der Waals surface area contributed by atoms with Crippen molar-refractivity contribution >= 4 is 21.8 Å². The summed E-state index contributed by atoms with van der Waals surface area (Å²) in [5.41, 5.74) is 11.9. The van der Waals surface area contributed by atoms with Crippen LogP contribution in [0.3, 0.4) is 0 Å². The monoisotopic (exact) mass is 401 g/mol. The molecule has 1 unspecified atom stereocenters. The van der Waals surface area contributed by atoms with Gasteiger partial charge in [-0.05, 0) is 21.0 Å². The third kappa shape index (κ3) is 4.96. The second-order valence-electron chi connectivity index (χ2n) is 6.22. The van der Waals surface area contributed by atoms with E-state index in [1.807, 2.05) is 30.6 Å². The van der Waals surface area contributed by atoms with Gasteiger partial charge in [-0.3, -0.25) is 14.5 Å². The molecule has 0 saturated heterocycles. The average Bonchev–Trinajstić information content (AvgIpc) is 2.98. The Morgan fingerprint density at radius 1 is 1.44 bits per heavy atom. The number of carbonyl (C=O) groups excluding carboxylic acids is 1. The van der Waals surface area contributed by atoms with Gasteiger partial charge in [0, 0.05) is 12.2 Å². The number of carbonyl (C=O) groups is 1. The van der Waals surface area contributed by atoms with Crippen molar-refractivity contribution in [3.8, 4) is 6.01 Å². The van der Waals surface area contributed by atoms with Crippen molar-refractivity contribution in [2.24, 2.45) is 16.5 Å². The fourth-order valence-electron chi connectivity index (χ4n) is 2.28. The van der Waals surface area contributed by atoms with Gasteiger partial charge >= 0.3 is 0 Å². The van der Waals surface area contributed by atoms with Gasteiger partial charge in [-0.2, -0.15) is 4.98 Å². The molecule has 2 rings (SSSR count). The van der Waals surface area contributed by atoms with E-state index >= 15 is 0 Å². The van der Waals surface area contributed by atoms with Crippen LogP contribution in [0.25, 0.3) is 0 Å². The number of ether oxygens (including phenoxy) is 1. The van der Waals surface area contributed by atoms with Crippen molar-refractivity contribution < 1.29 is 23.1 Å². The summed E-state index contributed by atoms with van der Waals surface area (Å²) in [4.78, 5) is 23.5. The summed E-state index contributed by atoms with van der Waals surface area (Å²) < 4.78 is 30.9. The molecule has 12 nitrogen and oxygen atoms in total. The minimum Gasteiger partial charge on any atom is -0.462 e. The lowest BCUT2D eigenvalue weighted by Gasteiger charge is -2.09. The molecule has 1 aromatic heterocycles. The molecule has 27 heavy (non-hydrogen) atoms. The van der Waals surface area contributed by atoms with Crippen LogP contribution in [0.4, 0.5) is 0 Å². The maximum atomic E-state index is 11.8. The topological polar surface area (TPSA) is 189 Å². The number of amidine groups is 1. The van der Waals surface area contributed by atoms with Gasteiger partial charge in [0.1, 0.15) is 18.4 Å². The molecule has 0 fully saturated rings. The summed E-state index contributed by atoms with van der Waals surface area (Å²) in [7, 11) is -0.302. The Labute approximate surface area is 156 Å². The largest absolute Gasteiger partial charge is 0.462 e. The Morgan fingerprint density at radius 3 is 2.67 bits per heavy atom. The number of aryl methyl sites for hydroxylation is 1. The number of amides is 1. The lowest BCUT2D eigenvalue weighted by atomic mass is 10.3. The van der Waals surface area contributed by atoms with Crippen LogP contribution in [0.2, 0.25) is 0 Å². The van der Waals surface area contributed by atoms with Crippen LogP contribution in [0.5, 0.6) is 6.01 Å². The van der Waals surface area contributed by atoms with E-state index in [-0.39, 0.29) is 30.7 Å². The van der Waals surface area contributed by atoms with Crippen LogP contribution < -0.4 is 20.9 Å². The minimum atomic E-state index is -4.13.